The summed E-state index contributed by atoms with van der Waals surface area (Å²) in [6.45, 7) is 0. The average molecular weight is 370 g/mol. The summed E-state index contributed by atoms with van der Waals surface area (Å²) >= 11 is 0. The van der Waals surface area contributed by atoms with Gasteiger partial charge in [-0.1, -0.05) is 6.07 Å². The molecule has 6 nitrogen and oxygen atoms in total. The van der Waals surface area contributed by atoms with Crippen molar-refractivity contribution < 1.29 is 9.59 Å². The van der Waals surface area contributed by atoms with Gasteiger partial charge in [0.15, 0.2) is 5.82 Å². The van der Waals surface area contributed by atoms with Crippen molar-refractivity contribution in [3.05, 3.63) is 102 Å². The Morgan fingerprint density at radius 3 is 2.32 bits per heavy atom. The van der Waals surface area contributed by atoms with E-state index >= 15 is 0 Å². The third-order valence-electron chi connectivity index (χ3n) is 4.44. The number of aromatic nitrogens is 3. The fourth-order valence-electron chi connectivity index (χ4n) is 2.94. The Morgan fingerprint density at radius 2 is 1.64 bits per heavy atom. The van der Waals surface area contributed by atoms with Gasteiger partial charge in [0.05, 0.1) is 0 Å². The van der Waals surface area contributed by atoms with Crippen molar-refractivity contribution >= 4 is 17.4 Å². The molecule has 1 amide bonds. The molecule has 0 bridgehead atoms. The molecule has 2 aromatic carbocycles. The summed E-state index contributed by atoms with van der Waals surface area (Å²) in [6, 6.07) is 18.0. The van der Waals surface area contributed by atoms with Crippen LogP contribution in [0, 0.1) is 0 Å². The Kier molecular flexibility index (Phi) is 4.60. The second kappa shape index (κ2) is 7.36. The largest absolute Gasteiger partial charge is 0.331 e. The molecule has 2 aromatic heterocycles. The van der Waals surface area contributed by atoms with Crippen LogP contribution >= 0.6 is 0 Å². The number of ketones is 1. The molecule has 0 aliphatic carbocycles. The third-order valence-corrected chi connectivity index (χ3v) is 4.44. The fraction of sp³-hybridized carbons (Fsp3) is 0.0455. The van der Waals surface area contributed by atoms with Crippen molar-refractivity contribution in [2.24, 2.45) is 7.05 Å². The number of nitrogens with one attached hydrogen (secondary N) is 1. The number of aryl methyl sites for hydroxylation is 1. The normalized spacial score (nSPS) is 10.6. The first-order chi connectivity index (χ1) is 13.6. The zero-order valence-corrected chi connectivity index (χ0v) is 15.2. The molecule has 0 radical (unpaired) electrons. The number of rotatable bonds is 5. The number of imidazole rings is 1. The van der Waals surface area contributed by atoms with Crippen LogP contribution in [0.2, 0.25) is 0 Å². The predicted octanol–water partition coefficient (Wildman–Crippen LogP) is 3.69. The highest BCUT2D eigenvalue weighted by molar-refractivity contribution is 6.07. The molecule has 0 saturated heterocycles. The third kappa shape index (κ3) is 3.48. The lowest BCUT2D eigenvalue weighted by molar-refractivity contribution is 0.102. The fourth-order valence-corrected chi connectivity index (χ4v) is 2.94. The summed E-state index contributed by atoms with van der Waals surface area (Å²) < 4.78 is 3.62. The lowest BCUT2D eigenvalue weighted by Gasteiger charge is -2.08. The van der Waals surface area contributed by atoms with Crippen LogP contribution in [-0.2, 0) is 7.05 Å². The van der Waals surface area contributed by atoms with Crippen molar-refractivity contribution in [2.45, 2.75) is 0 Å². The summed E-state index contributed by atoms with van der Waals surface area (Å²) in [5.41, 5.74) is 2.60. The van der Waals surface area contributed by atoms with Gasteiger partial charge in [0, 0.05) is 54.3 Å². The highest BCUT2D eigenvalue weighted by Crippen LogP contribution is 2.16. The number of hydrogen-bond acceptors (Lipinski definition) is 3. The van der Waals surface area contributed by atoms with Crippen LogP contribution in [-0.4, -0.2) is 25.8 Å². The van der Waals surface area contributed by atoms with Gasteiger partial charge in [0.1, 0.15) is 0 Å². The van der Waals surface area contributed by atoms with Gasteiger partial charge in [-0.25, -0.2) is 4.98 Å². The van der Waals surface area contributed by atoms with E-state index in [2.05, 4.69) is 10.3 Å². The summed E-state index contributed by atoms with van der Waals surface area (Å²) in [4.78, 5) is 29.1. The molecule has 138 valence electrons. The molecule has 4 rings (SSSR count). The van der Waals surface area contributed by atoms with Crippen LogP contribution in [0.4, 0.5) is 5.69 Å². The Bertz CT molecular complexity index is 1130. The maximum Gasteiger partial charge on any atom is 0.255 e. The number of benzene rings is 2. The van der Waals surface area contributed by atoms with Gasteiger partial charge >= 0.3 is 0 Å². The summed E-state index contributed by atoms with van der Waals surface area (Å²) in [5.74, 6) is 0.000553. The lowest BCUT2D eigenvalue weighted by Crippen LogP contribution is -2.13. The Morgan fingerprint density at radius 1 is 0.893 bits per heavy atom. The maximum absolute atomic E-state index is 12.6. The van der Waals surface area contributed by atoms with Crippen LogP contribution in [0.5, 0.6) is 0 Å². The van der Waals surface area contributed by atoms with E-state index in [1.54, 1.807) is 54.3 Å². The molecule has 0 spiro atoms. The van der Waals surface area contributed by atoms with Crippen LogP contribution in [0.15, 0.2) is 85.5 Å². The number of nitrogens with zero attached hydrogens (tertiary/aromatic N) is 3. The predicted molar refractivity (Wildman–Crippen MR) is 107 cm³/mol. The molecule has 0 aliphatic rings. The molecular weight excluding hydrogens is 352 g/mol. The average Bonchev–Trinajstić information content (AvgIpc) is 3.40. The van der Waals surface area contributed by atoms with E-state index in [-0.39, 0.29) is 11.7 Å². The first-order valence-electron chi connectivity index (χ1n) is 8.79. The zero-order chi connectivity index (χ0) is 19.5. The number of hydrogen-bond donors (Lipinski definition) is 1. The molecule has 0 atom stereocenters. The van der Waals surface area contributed by atoms with E-state index < -0.39 is 0 Å². The molecule has 0 fully saturated rings. The second-order valence-corrected chi connectivity index (χ2v) is 6.36. The molecule has 1 N–H and O–H groups in total. The highest BCUT2D eigenvalue weighted by Gasteiger charge is 2.14. The minimum Gasteiger partial charge on any atom is -0.331 e. The van der Waals surface area contributed by atoms with E-state index in [4.69, 9.17) is 0 Å². The highest BCUT2D eigenvalue weighted by atomic mass is 16.1. The topological polar surface area (TPSA) is 68.9 Å². The molecule has 0 aliphatic heterocycles. The van der Waals surface area contributed by atoms with Crippen LogP contribution in [0.1, 0.15) is 26.5 Å². The van der Waals surface area contributed by atoms with Gasteiger partial charge in [-0.05, 0) is 54.6 Å². The molecule has 4 aromatic rings. The van der Waals surface area contributed by atoms with E-state index in [9.17, 15) is 9.59 Å². The minimum atomic E-state index is -0.211. The molecule has 0 unspecified atom stereocenters. The van der Waals surface area contributed by atoms with E-state index in [0.717, 1.165) is 5.69 Å². The number of anilines is 1. The van der Waals surface area contributed by atoms with Crippen LogP contribution in [0.3, 0.4) is 0 Å². The smallest absolute Gasteiger partial charge is 0.255 e. The van der Waals surface area contributed by atoms with Gasteiger partial charge < -0.3 is 14.5 Å². The summed E-state index contributed by atoms with van der Waals surface area (Å²) in [6.07, 6.45) is 7.16. The maximum atomic E-state index is 12.6. The second-order valence-electron chi connectivity index (χ2n) is 6.36. The van der Waals surface area contributed by atoms with Crippen molar-refractivity contribution in [1.82, 2.24) is 14.1 Å². The SMILES string of the molecule is Cn1ccnc1C(=O)c1ccc(NC(=O)c2cccc(-n3cccc3)c2)cc1. The van der Waals surface area contributed by atoms with E-state index in [1.165, 1.54) is 0 Å². The zero-order valence-electron chi connectivity index (χ0n) is 15.2. The van der Waals surface area contributed by atoms with Gasteiger partial charge in [-0.2, -0.15) is 0 Å². The first-order valence-corrected chi connectivity index (χ1v) is 8.79. The Hall–Kier alpha value is -3.93. The standard InChI is InChI=1S/C22H18N4O2/c1-25-14-11-23-21(25)20(27)16-7-9-18(10-8-16)24-22(28)17-5-4-6-19(15-17)26-12-2-3-13-26/h2-15H,1H3,(H,24,28). The van der Waals surface area contributed by atoms with Crippen molar-refractivity contribution in [1.29, 1.82) is 0 Å². The van der Waals surface area contributed by atoms with Crippen molar-refractivity contribution in [3.63, 3.8) is 0 Å². The molecule has 0 saturated carbocycles. The van der Waals surface area contributed by atoms with Crippen molar-refractivity contribution in [3.8, 4) is 5.69 Å². The monoisotopic (exact) mass is 370 g/mol. The number of carbonyl (C=O) groups excluding carboxylic acids is 2. The molecule has 28 heavy (non-hydrogen) atoms. The number of amides is 1. The molecular formula is C22H18N4O2. The Balaban J connectivity index is 1.49. The van der Waals surface area contributed by atoms with E-state index in [1.807, 2.05) is 47.3 Å². The quantitative estimate of drug-likeness (QED) is 0.545. The summed E-state index contributed by atoms with van der Waals surface area (Å²) in [7, 11) is 1.77. The van der Waals surface area contributed by atoms with Gasteiger partial charge in [0.2, 0.25) is 5.78 Å². The van der Waals surface area contributed by atoms with Gasteiger partial charge in [-0.15, -0.1) is 0 Å². The summed E-state index contributed by atoms with van der Waals surface area (Å²) in [5, 5.41) is 2.86. The van der Waals surface area contributed by atoms with Crippen molar-refractivity contribution in [2.75, 3.05) is 5.32 Å². The van der Waals surface area contributed by atoms with Gasteiger partial charge in [0.25, 0.3) is 5.91 Å². The van der Waals surface area contributed by atoms with E-state index in [0.29, 0.717) is 22.6 Å². The van der Waals surface area contributed by atoms with Crippen LogP contribution < -0.4 is 5.32 Å². The minimum absolute atomic E-state index is 0.162. The molecule has 2 heterocycles. The van der Waals surface area contributed by atoms with Gasteiger partial charge in [-0.3, -0.25) is 9.59 Å². The Labute approximate surface area is 162 Å². The molecule has 6 heteroatoms. The number of carbonyl (C=O) groups is 2. The van der Waals surface area contributed by atoms with Crippen LogP contribution in [0.25, 0.3) is 5.69 Å². The lowest BCUT2D eigenvalue weighted by atomic mass is 10.1. The first kappa shape index (κ1) is 17.5.